The number of hydrogen-bond donors (Lipinski definition) is 2. The number of pyridine rings is 1. The molecule has 0 radical (unpaired) electrons. The molecular weight excluding hydrogens is 252 g/mol. The molecule has 2 N–H and O–H groups in total. The number of piperidine rings is 1. The smallest absolute Gasteiger partial charge is 0.269 e. The lowest BCUT2D eigenvalue weighted by molar-refractivity contribution is 0.0887. The van der Waals surface area contributed by atoms with Gasteiger partial charge in [0.25, 0.3) is 5.91 Å². The maximum Gasteiger partial charge on any atom is 0.269 e. The van der Waals surface area contributed by atoms with Gasteiger partial charge in [-0.1, -0.05) is 6.92 Å². The topological polar surface area (TPSA) is 57.3 Å². The van der Waals surface area contributed by atoms with Gasteiger partial charge in [0.1, 0.15) is 5.69 Å². The van der Waals surface area contributed by atoms with E-state index in [0.717, 1.165) is 38.2 Å². The van der Waals surface area contributed by atoms with Crippen LogP contribution in [0.15, 0.2) is 18.3 Å². The molecule has 110 valence electrons. The van der Waals surface area contributed by atoms with Crippen molar-refractivity contribution in [2.45, 2.75) is 19.8 Å². The van der Waals surface area contributed by atoms with Crippen LogP contribution < -0.4 is 10.6 Å². The van der Waals surface area contributed by atoms with E-state index in [4.69, 9.17) is 0 Å². The highest BCUT2D eigenvalue weighted by atomic mass is 16.1. The van der Waals surface area contributed by atoms with Crippen molar-refractivity contribution < 1.29 is 4.79 Å². The van der Waals surface area contributed by atoms with Gasteiger partial charge in [0.15, 0.2) is 0 Å². The summed E-state index contributed by atoms with van der Waals surface area (Å²) in [6.45, 7) is 5.16. The number of carbonyl (C=O) groups is 1. The zero-order valence-corrected chi connectivity index (χ0v) is 12.6. The summed E-state index contributed by atoms with van der Waals surface area (Å²) in [4.78, 5) is 18.6. The summed E-state index contributed by atoms with van der Waals surface area (Å²) in [5, 5.41) is 6.01. The number of nitrogens with one attached hydrogen (secondary N) is 2. The fourth-order valence-electron chi connectivity index (χ4n) is 2.40. The third-order valence-corrected chi connectivity index (χ3v) is 4.15. The van der Waals surface area contributed by atoms with Crippen LogP contribution in [0.5, 0.6) is 0 Å². The van der Waals surface area contributed by atoms with E-state index in [-0.39, 0.29) is 11.3 Å². The van der Waals surface area contributed by atoms with E-state index in [1.165, 1.54) is 0 Å². The summed E-state index contributed by atoms with van der Waals surface area (Å²) in [5.74, 6) is -0.0900. The predicted octanol–water partition coefficient (Wildman–Crippen LogP) is 1.58. The largest absolute Gasteiger partial charge is 0.387 e. The molecule has 0 bridgehead atoms. The highest BCUT2D eigenvalue weighted by molar-refractivity contribution is 5.92. The van der Waals surface area contributed by atoms with Crippen LogP contribution in [-0.2, 0) is 0 Å². The second-order valence-electron chi connectivity index (χ2n) is 5.98. The van der Waals surface area contributed by atoms with Crippen molar-refractivity contribution in [2.75, 3.05) is 39.0 Å². The maximum atomic E-state index is 12.1. The molecule has 5 heteroatoms. The molecule has 1 aromatic rings. The van der Waals surface area contributed by atoms with Gasteiger partial charge in [-0.2, -0.15) is 0 Å². The first-order valence-electron chi connectivity index (χ1n) is 7.13. The zero-order valence-electron chi connectivity index (χ0n) is 12.6. The lowest BCUT2D eigenvalue weighted by Gasteiger charge is -2.37. The van der Waals surface area contributed by atoms with Crippen LogP contribution in [0.4, 0.5) is 5.69 Å². The number of carbonyl (C=O) groups excluding carboxylic acids is 1. The van der Waals surface area contributed by atoms with Crippen LogP contribution in [0, 0.1) is 5.41 Å². The van der Waals surface area contributed by atoms with Crippen LogP contribution >= 0.6 is 0 Å². The molecule has 1 aromatic heterocycles. The van der Waals surface area contributed by atoms with E-state index in [9.17, 15) is 4.79 Å². The number of rotatable bonds is 4. The summed E-state index contributed by atoms with van der Waals surface area (Å²) in [6.07, 6.45) is 3.91. The van der Waals surface area contributed by atoms with Crippen molar-refractivity contribution in [2.24, 2.45) is 5.41 Å². The molecule has 0 saturated carbocycles. The summed E-state index contributed by atoms with van der Waals surface area (Å²) >= 11 is 0. The van der Waals surface area contributed by atoms with Crippen molar-refractivity contribution in [1.82, 2.24) is 15.2 Å². The molecule has 0 aromatic carbocycles. The number of anilines is 1. The average molecular weight is 276 g/mol. The second kappa shape index (κ2) is 6.22. The Hall–Kier alpha value is -1.62. The van der Waals surface area contributed by atoms with Crippen LogP contribution in [0.1, 0.15) is 30.3 Å². The molecule has 1 saturated heterocycles. The van der Waals surface area contributed by atoms with E-state index in [1.807, 2.05) is 13.1 Å². The molecule has 1 aliphatic heterocycles. The fraction of sp³-hybridized carbons (Fsp3) is 0.600. The molecule has 1 amide bonds. The summed E-state index contributed by atoms with van der Waals surface area (Å²) < 4.78 is 0. The van der Waals surface area contributed by atoms with Crippen molar-refractivity contribution in [3.63, 3.8) is 0 Å². The molecule has 0 atom stereocenters. The highest BCUT2D eigenvalue weighted by Gasteiger charge is 2.29. The Kier molecular flexibility index (Phi) is 4.60. The number of nitrogens with zero attached hydrogens (tertiary/aromatic N) is 2. The second-order valence-corrected chi connectivity index (χ2v) is 5.98. The predicted molar refractivity (Wildman–Crippen MR) is 81.0 cm³/mol. The summed E-state index contributed by atoms with van der Waals surface area (Å²) in [5.41, 5.74) is 1.58. The normalized spacial score (nSPS) is 18.6. The molecule has 1 aliphatic rings. The third-order valence-electron chi connectivity index (χ3n) is 4.15. The number of hydrogen-bond acceptors (Lipinski definition) is 4. The van der Waals surface area contributed by atoms with Gasteiger partial charge in [0, 0.05) is 13.6 Å². The first-order valence-corrected chi connectivity index (χ1v) is 7.13. The molecule has 1 fully saturated rings. The van der Waals surface area contributed by atoms with Gasteiger partial charge in [0.05, 0.1) is 11.9 Å². The Labute approximate surface area is 120 Å². The molecule has 2 heterocycles. The number of aromatic nitrogens is 1. The minimum atomic E-state index is -0.0900. The Balaban J connectivity index is 1.88. The van der Waals surface area contributed by atoms with Gasteiger partial charge < -0.3 is 15.5 Å². The van der Waals surface area contributed by atoms with Gasteiger partial charge in [-0.25, -0.2) is 4.98 Å². The molecule has 0 unspecified atom stereocenters. The zero-order chi connectivity index (χ0) is 14.6. The van der Waals surface area contributed by atoms with Crippen LogP contribution in [0.3, 0.4) is 0 Å². The van der Waals surface area contributed by atoms with Gasteiger partial charge >= 0.3 is 0 Å². The van der Waals surface area contributed by atoms with Crippen molar-refractivity contribution in [1.29, 1.82) is 0 Å². The Morgan fingerprint density at radius 1 is 1.40 bits per heavy atom. The fourth-order valence-corrected chi connectivity index (χ4v) is 2.40. The SMILES string of the molecule is CNc1ccc(C(=O)NCC2(C)CCN(C)CC2)nc1. The van der Waals surface area contributed by atoms with Crippen molar-refractivity contribution >= 4 is 11.6 Å². The average Bonchev–Trinajstić information content (AvgIpc) is 2.48. The van der Waals surface area contributed by atoms with Gasteiger partial charge in [-0.3, -0.25) is 4.79 Å². The van der Waals surface area contributed by atoms with Crippen LogP contribution in [-0.4, -0.2) is 49.5 Å². The Morgan fingerprint density at radius 2 is 2.10 bits per heavy atom. The van der Waals surface area contributed by atoms with E-state index in [2.05, 4.69) is 34.5 Å². The first-order chi connectivity index (χ1) is 9.52. The maximum absolute atomic E-state index is 12.1. The summed E-state index contributed by atoms with van der Waals surface area (Å²) in [7, 11) is 3.98. The van der Waals surface area contributed by atoms with Crippen LogP contribution in [0.25, 0.3) is 0 Å². The Bertz CT molecular complexity index is 449. The molecule has 5 nitrogen and oxygen atoms in total. The van der Waals surface area contributed by atoms with E-state index in [0.29, 0.717) is 5.69 Å². The minimum absolute atomic E-state index is 0.0900. The van der Waals surface area contributed by atoms with Gasteiger partial charge in [-0.15, -0.1) is 0 Å². The van der Waals surface area contributed by atoms with E-state index >= 15 is 0 Å². The van der Waals surface area contributed by atoms with Crippen molar-refractivity contribution in [3.8, 4) is 0 Å². The van der Waals surface area contributed by atoms with E-state index < -0.39 is 0 Å². The molecular formula is C15H24N4O. The van der Waals surface area contributed by atoms with Crippen LogP contribution in [0.2, 0.25) is 0 Å². The van der Waals surface area contributed by atoms with Crippen molar-refractivity contribution in [3.05, 3.63) is 24.0 Å². The monoisotopic (exact) mass is 276 g/mol. The number of likely N-dealkylation sites (tertiary alicyclic amines) is 1. The lowest BCUT2D eigenvalue weighted by Crippen LogP contribution is -2.43. The van der Waals surface area contributed by atoms with Gasteiger partial charge in [0.2, 0.25) is 0 Å². The van der Waals surface area contributed by atoms with E-state index in [1.54, 1.807) is 12.3 Å². The Morgan fingerprint density at radius 3 is 2.65 bits per heavy atom. The van der Waals surface area contributed by atoms with Gasteiger partial charge in [-0.05, 0) is 50.5 Å². The standard InChI is InChI=1S/C15H24N4O/c1-15(6-8-19(3)9-7-15)11-18-14(20)13-5-4-12(16-2)10-17-13/h4-5,10,16H,6-9,11H2,1-3H3,(H,18,20). The summed E-state index contributed by atoms with van der Waals surface area (Å²) in [6, 6.07) is 3.61. The first kappa shape index (κ1) is 14.8. The number of amides is 1. The molecule has 20 heavy (non-hydrogen) atoms. The molecule has 0 aliphatic carbocycles. The quantitative estimate of drug-likeness (QED) is 0.877. The third kappa shape index (κ3) is 3.70. The highest BCUT2D eigenvalue weighted by Crippen LogP contribution is 2.29. The molecule has 0 spiro atoms. The lowest BCUT2D eigenvalue weighted by atomic mass is 9.80. The molecule has 2 rings (SSSR count). The minimum Gasteiger partial charge on any atom is -0.387 e.